The molecule has 3 N–H and O–H groups in total. The molecular formula is C13H19N3O2. The lowest BCUT2D eigenvalue weighted by molar-refractivity contribution is -0.121. The molecule has 0 saturated heterocycles. The molecule has 0 bridgehead atoms. The van der Waals surface area contributed by atoms with Gasteiger partial charge in [0.2, 0.25) is 11.8 Å². The zero-order valence-corrected chi connectivity index (χ0v) is 10.7. The predicted octanol–water partition coefficient (Wildman–Crippen LogP) is 0.821. The van der Waals surface area contributed by atoms with Gasteiger partial charge in [0.05, 0.1) is 13.1 Å². The molecule has 0 aliphatic carbocycles. The smallest absolute Gasteiger partial charge is 0.238 e. The fraction of sp³-hybridized carbons (Fsp3) is 0.385. The van der Waals surface area contributed by atoms with Crippen LogP contribution in [0.1, 0.15) is 13.8 Å². The molecule has 1 aromatic rings. The standard InChI is InChI=1S/C13H19N3O2/c1-10(2)16(8-12(14)17)9-13(18)15-11-6-4-3-5-7-11/h3-7,10H,8-9H2,1-2H3,(H2,14,17)(H,15,18). The number of hydrogen-bond donors (Lipinski definition) is 2. The van der Waals surface area contributed by atoms with E-state index in [2.05, 4.69) is 5.32 Å². The number of primary amides is 1. The highest BCUT2D eigenvalue weighted by molar-refractivity contribution is 5.92. The van der Waals surface area contributed by atoms with Crippen molar-refractivity contribution in [3.8, 4) is 0 Å². The van der Waals surface area contributed by atoms with Crippen molar-refractivity contribution in [3.05, 3.63) is 30.3 Å². The van der Waals surface area contributed by atoms with Crippen LogP contribution in [0.5, 0.6) is 0 Å². The van der Waals surface area contributed by atoms with Crippen molar-refractivity contribution in [2.45, 2.75) is 19.9 Å². The molecule has 0 heterocycles. The maximum atomic E-state index is 11.8. The Kier molecular flexibility index (Phi) is 5.32. The van der Waals surface area contributed by atoms with Crippen LogP contribution in [0.3, 0.4) is 0 Å². The summed E-state index contributed by atoms with van der Waals surface area (Å²) in [6, 6.07) is 9.28. The molecule has 0 atom stereocenters. The second kappa shape index (κ2) is 6.76. The number of carbonyl (C=O) groups excluding carboxylic acids is 2. The van der Waals surface area contributed by atoms with Gasteiger partial charge in [0.15, 0.2) is 0 Å². The van der Waals surface area contributed by atoms with Crippen LogP contribution < -0.4 is 11.1 Å². The molecule has 0 radical (unpaired) electrons. The first-order chi connectivity index (χ1) is 8.49. The van der Waals surface area contributed by atoms with E-state index in [0.717, 1.165) is 5.69 Å². The maximum absolute atomic E-state index is 11.8. The number of anilines is 1. The van der Waals surface area contributed by atoms with Crippen molar-refractivity contribution in [1.29, 1.82) is 0 Å². The summed E-state index contributed by atoms with van der Waals surface area (Å²) in [5, 5.41) is 2.77. The minimum absolute atomic E-state index is 0.0824. The van der Waals surface area contributed by atoms with Crippen molar-refractivity contribution in [1.82, 2.24) is 4.90 Å². The number of benzene rings is 1. The second-order valence-electron chi connectivity index (χ2n) is 4.38. The summed E-state index contributed by atoms with van der Waals surface area (Å²) in [6.45, 7) is 4.06. The fourth-order valence-corrected chi connectivity index (χ4v) is 1.53. The highest BCUT2D eigenvalue weighted by atomic mass is 16.2. The number of nitrogens with one attached hydrogen (secondary N) is 1. The summed E-state index contributed by atoms with van der Waals surface area (Å²) in [5.41, 5.74) is 5.89. The largest absolute Gasteiger partial charge is 0.369 e. The summed E-state index contributed by atoms with van der Waals surface area (Å²) in [6.07, 6.45) is 0. The third kappa shape index (κ3) is 4.97. The van der Waals surface area contributed by atoms with Crippen molar-refractivity contribution in [2.75, 3.05) is 18.4 Å². The first-order valence-corrected chi connectivity index (χ1v) is 5.86. The van der Waals surface area contributed by atoms with Gasteiger partial charge in [0, 0.05) is 11.7 Å². The summed E-state index contributed by atoms with van der Waals surface area (Å²) in [5.74, 6) is -0.590. The Balaban J connectivity index is 2.54. The first kappa shape index (κ1) is 14.2. The Morgan fingerprint density at radius 3 is 2.33 bits per heavy atom. The van der Waals surface area contributed by atoms with Gasteiger partial charge in [-0.2, -0.15) is 0 Å². The Morgan fingerprint density at radius 1 is 1.22 bits per heavy atom. The van der Waals surface area contributed by atoms with Gasteiger partial charge < -0.3 is 11.1 Å². The third-order valence-corrected chi connectivity index (χ3v) is 2.49. The topological polar surface area (TPSA) is 75.4 Å². The lowest BCUT2D eigenvalue weighted by atomic mass is 10.3. The van der Waals surface area contributed by atoms with Crippen LogP contribution in [0.25, 0.3) is 0 Å². The number of hydrogen-bond acceptors (Lipinski definition) is 3. The molecule has 0 unspecified atom stereocenters. The van der Waals surface area contributed by atoms with E-state index in [1.54, 1.807) is 4.90 Å². The lowest BCUT2D eigenvalue weighted by Gasteiger charge is -2.24. The van der Waals surface area contributed by atoms with Crippen molar-refractivity contribution in [3.63, 3.8) is 0 Å². The van der Waals surface area contributed by atoms with Crippen LogP contribution in [0.15, 0.2) is 30.3 Å². The molecule has 5 heteroatoms. The van der Waals surface area contributed by atoms with E-state index in [0.29, 0.717) is 0 Å². The van der Waals surface area contributed by atoms with E-state index in [1.165, 1.54) is 0 Å². The third-order valence-electron chi connectivity index (χ3n) is 2.49. The van der Waals surface area contributed by atoms with Gasteiger partial charge in [-0.05, 0) is 26.0 Å². The minimum Gasteiger partial charge on any atom is -0.369 e. The van der Waals surface area contributed by atoms with E-state index in [9.17, 15) is 9.59 Å². The Morgan fingerprint density at radius 2 is 1.83 bits per heavy atom. The summed E-state index contributed by atoms with van der Waals surface area (Å²) in [4.78, 5) is 24.4. The van der Waals surface area contributed by atoms with Crippen LogP contribution in [0, 0.1) is 0 Å². The van der Waals surface area contributed by atoms with Crippen LogP contribution in [-0.2, 0) is 9.59 Å². The molecule has 0 aromatic heterocycles. The molecular weight excluding hydrogens is 230 g/mol. The van der Waals surface area contributed by atoms with E-state index in [1.807, 2.05) is 44.2 Å². The quantitative estimate of drug-likeness (QED) is 0.783. The predicted molar refractivity (Wildman–Crippen MR) is 71.0 cm³/mol. The van der Waals surface area contributed by atoms with Crippen LogP contribution >= 0.6 is 0 Å². The summed E-state index contributed by atoms with van der Waals surface area (Å²) < 4.78 is 0. The molecule has 0 fully saturated rings. The summed E-state index contributed by atoms with van der Waals surface area (Å²) >= 11 is 0. The number of para-hydroxylation sites is 1. The Labute approximate surface area is 107 Å². The molecule has 18 heavy (non-hydrogen) atoms. The average Bonchev–Trinajstić information content (AvgIpc) is 2.28. The monoisotopic (exact) mass is 249 g/mol. The van der Waals surface area contributed by atoms with Crippen LogP contribution in [0.2, 0.25) is 0 Å². The van der Waals surface area contributed by atoms with Gasteiger partial charge in [0.25, 0.3) is 0 Å². The van der Waals surface area contributed by atoms with Gasteiger partial charge in [0.1, 0.15) is 0 Å². The highest BCUT2D eigenvalue weighted by Gasteiger charge is 2.15. The van der Waals surface area contributed by atoms with Gasteiger partial charge >= 0.3 is 0 Å². The van der Waals surface area contributed by atoms with E-state index in [-0.39, 0.29) is 25.0 Å². The molecule has 0 saturated carbocycles. The molecule has 0 aliphatic heterocycles. The lowest BCUT2D eigenvalue weighted by Crippen LogP contribution is -2.43. The number of carbonyl (C=O) groups is 2. The fourth-order valence-electron chi connectivity index (χ4n) is 1.53. The van der Waals surface area contributed by atoms with Gasteiger partial charge in [-0.25, -0.2) is 0 Å². The van der Waals surface area contributed by atoms with Gasteiger partial charge in [-0.15, -0.1) is 0 Å². The van der Waals surface area contributed by atoms with Gasteiger partial charge in [-0.1, -0.05) is 18.2 Å². The molecule has 98 valence electrons. The molecule has 1 rings (SSSR count). The highest BCUT2D eigenvalue weighted by Crippen LogP contribution is 2.05. The van der Waals surface area contributed by atoms with E-state index in [4.69, 9.17) is 5.73 Å². The second-order valence-corrected chi connectivity index (χ2v) is 4.38. The van der Waals surface area contributed by atoms with Crippen molar-refractivity contribution < 1.29 is 9.59 Å². The Hall–Kier alpha value is -1.88. The van der Waals surface area contributed by atoms with Gasteiger partial charge in [-0.3, -0.25) is 14.5 Å². The molecule has 1 aromatic carbocycles. The first-order valence-electron chi connectivity index (χ1n) is 5.86. The zero-order valence-electron chi connectivity index (χ0n) is 10.7. The Bertz CT molecular complexity index is 404. The minimum atomic E-state index is -0.434. The van der Waals surface area contributed by atoms with Crippen molar-refractivity contribution >= 4 is 17.5 Å². The maximum Gasteiger partial charge on any atom is 0.238 e. The molecule has 2 amide bonds. The van der Waals surface area contributed by atoms with Crippen LogP contribution in [-0.4, -0.2) is 35.8 Å². The molecule has 0 spiro atoms. The number of rotatable bonds is 6. The SMILES string of the molecule is CC(C)N(CC(N)=O)CC(=O)Nc1ccccc1. The normalized spacial score (nSPS) is 10.7. The number of amides is 2. The van der Waals surface area contributed by atoms with E-state index >= 15 is 0 Å². The summed E-state index contributed by atoms with van der Waals surface area (Å²) in [7, 11) is 0. The number of nitrogens with two attached hydrogens (primary N) is 1. The number of nitrogens with zero attached hydrogens (tertiary/aromatic N) is 1. The molecule has 0 aliphatic rings. The van der Waals surface area contributed by atoms with E-state index < -0.39 is 5.91 Å². The van der Waals surface area contributed by atoms with Crippen LogP contribution in [0.4, 0.5) is 5.69 Å². The molecule has 5 nitrogen and oxygen atoms in total. The zero-order chi connectivity index (χ0) is 13.5. The van der Waals surface area contributed by atoms with Crippen molar-refractivity contribution in [2.24, 2.45) is 5.73 Å². The average molecular weight is 249 g/mol.